The van der Waals surface area contributed by atoms with Crippen molar-refractivity contribution in [2.24, 2.45) is 0 Å². The summed E-state index contributed by atoms with van der Waals surface area (Å²) >= 11 is 8.96. The van der Waals surface area contributed by atoms with Crippen molar-refractivity contribution in [2.45, 2.75) is 6.54 Å². The van der Waals surface area contributed by atoms with E-state index in [1.165, 1.54) is 12.1 Å². The Morgan fingerprint density at radius 2 is 2.10 bits per heavy atom. The highest BCUT2D eigenvalue weighted by molar-refractivity contribution is 9.10. The average molecular weight is 358 g/mol. The van der Waals surface area contributed by atoms with Gasteiger partial charge in [0.1, 0.15) is 11.4 Å². The van der Waals surface area contributed by atoms with Gasteiger partial charge in [0, 0.05) is 23.2 Å². The first-order chi connectivity index (χ1) is 9.49. The number of hydrogen-bond acceptors (Lipinski definition) is 4. The molecule has 0 aromatic heterocycles. The van der Waals surface area contributed by atoms with Gasteiger partial charge in [0.2, 0.25) is 0 Å². The molecule has 0 bridgehead atoms. The van der Waals surface area contributed by atoms with Crippen molar-refractivity contribution in [1.29, 1.82) is 0 Å². The van der Waals surface area contributed by atoms with Gasteiger partial charge in [0.05, 0.1) is 9.40 Å². The van der Waals surface area contributed by atoms with E-state index >= 15 is 0 Å². The van der Waals surface area contributed by atoms with E-state index in [2.05, 4.69) is 21.2 Å². The Labute approximate surface area is 128 Å². The third-order valence-electron chi connectivity index (χ3n) is 2.70. The number of nitro groups is 1. The van der Waals surface area contributed by atoms with Gasteiger partial charge in [0.15, 0.2) is 0 Å². The molecule has 0 aliphatic heterocycles. The van der Waals surface area contributed by atoms with Crippen molar-refractivity contribution in [3.8, 4) is 5.75 Å². The molecule has 2 rings (SSSR count). The molecule has 0 unspecified atom stereocenters. The normalized spacial score (nSPS) is 10.3. The zero-order valence-corrected chi connectivity index (χ0v) is 12.5. The van der Waals surface area contributed by atoms with Crippen LogP contribution >= 0.6 is 27.5 Å². The van der Waals surface area contributed by atoms with Crippen LogP contribution in [0.5, 0.6) is 5.75 Å². The summed E-state index contributed by atoms with van der Waals surface area (Å²) in [5, 5.41) is 24.0. The molecule has 0 radical (unpaired) electrons. The molecule has 0 aliphatic carbocycles. The lowest BCUT2D eigenvalue weighted by molar-refractivity contribution is -0.383. The summed E-state index contributed by atoms with van der Waals surface area (Å²) in [6.45, 7) is 0.258. The molecule has 2 N–H and O–H groups in total. The molecular weight excluding hydrogens is 348 g/mol. The maximum absolute atomic E-state index is 11.0. The highest BCUT2D eigenvalue weighted by atomic mass is 79.9. The van der Waals surface area contributed by atoms with Gasteiger partial charge in [-0.3, -0.25) is 10.1 Å². The van der Waals surface area contributed by atoms with Crippen LogP contribution in [-0.4, -0.2) is 10.0 Å². The van der Waals surface area contributed by atoms with Crippen LogP contribution in [0.25, 0.3) is 0 Å². The van der Waals surface area contributed by atoms with E-state index in [9.17, 15) is 15.2 Å². The molecule has 20 heavy (non-hydrogen) atoms. The molecule has 0 fully saturated rings. The Morgan fingerprint density at radius 3 is 2.80 bits per heavy atom. The smallest absolute Gasteiger partial charge is 0.293 e. The zero-order chi connectivity index (χ0) is 14.7. The predicted molar refractivity (Wildman–Crippen MR) is 81.2 cm³/mol. The fraction of sp³-hybridized carbons (Fsp3) is 0.0769. The summed E-state index contributed by atoms with van der Waals surface area (Å²) in [4.78, 5) is 10.5. The van der Waals surface area contributed by atoms with Crippen LogP contribution in [0.15, 0.2) is 40.9 Å². The fourth-order valence-electron chi connectivity index (χ4n) is 1.70. The van der Waals surface area contributed by atoms with Gasteiger partial charge in [-0.15, -0.1) is 0 Å². The Hall–Kier alpha value is -1.79. The van der Waals surface area contributed by atoms with Crippen LogP contribution < -0.4 is 5.32 Å². The van der Waals surface area contributed by atoms with Gasteiger partial charge in [-0.1, -0.05) is 23.7 Å². The standard InChI is InChI=1S/C13H10BrClN2O3/c14-10-3-1-2-8(13(10)18)7-16-11-5-4-9(15)6-12(11)17(19)20/h1-6,16,18H,7H2. The fourth-order valence-corrected chi connectivity index (χ4v) is 2.27. The third kappa shape index (κ3) is 3.20. The van der Waals surface area contributed by atoms with Crippen molar-refractivity contribution >= 4 is 38.9 Å². The lowest BCUT2D eigenvalue weighted by Crippen LogP contribution is -2.03. The van der Waals surface area contributed by atoms with E-state index < -0.39 is 4.92 Å². The van der Waals surface area contributed by atoms with E-state index in [1.54, 1.807) is 24.3 Å². The summed E-state index contributed by atoms with van der Waals surface area (Å²) in [7, 11) is 0. The Morgan fingerprint density at radius 1 is 1.35 bits per heavy atom. The number of rotatable bonds is 4. The van der Waals surface area contributed by atoms with Crippen molar-refractivity contribution in [3.05, 3.63) is 61.6 Å². The van der Waals surface area contributed by atoms with Gasteiger partial charge >= 0.3 is 0 Å². The minimum absolute atomic E-state index is 0.105. The molecule has 0 aliphatic rings. The molecule has 0 saturated carbocycles. The van der Waals surface area contributed by atoms with Crippen LogP contribution in [0.3, 0.4) is 0 Å². The maximum Gasteiger partial charge on any atom is 0.293 e. The number of halogens is 2. The third-order valence-corrected chi connectivity index (χ3v) is 3.57. The summed E-state index contributed by atoms with van der Waals surface area (Å²) in [5.41, 5.74) is 0.870. The molecular formula is C13H10BrClN2O3. The molecule has 0 amide bonds. The minimum atomic E-state index is -0.505. The summed E-state index contributed by atoms with van der Waals surface area (Å²) < 4.78 is 0.572. The van der Waals surface area contributed by atoms with Crippen LogP contribution in [0.4, 0.5) is 11.4 Å². The molecule has 104 valence electrons. The first-order valence-electron chi connectivity index (χ1n) is 5.63. The number of nitrogens with one attached hydrogen (secondary N) is 1. The van der Waals surface area contributed by atoms with Gasteiger partial charge in [-0.2, -0.15) is 0 Å². The molecule has 7 heteroatoms. The first kappa shape index (κ1) is 14.6. The maximum atomic E-state index is 11.0. The molecule has 2 aromatic rings. The number of benzene rings is 2. The molecule has 0 saturated heterocycles. The summed E-state index contributed by atoms with van der Waals surface area (Å²) in [5.74, 6) is 0.108. The van der Waals surface area contributed by atoms with E-state index in [0.717, 1.165) is 0 Å². The molecule has 0 atom stereocenters. The minimum Gasteiger partial charge on any atom is -0.506 e. The Bertz CT molecular complexity index is 664. The molecule has 0 spiro atoms. The highest BCUT2D eigenvalue weighted by Gasteiger charge is 2.14. The topological polar surface area (TPSA) is 75.4 Å². The lowest BCUT2D eigenvalue weighted by atomic mass is 10.2. The zero-order valence-electron chi connectivity index (χ0n) is 10.1. The summed E-state index contributed by atoms with van der Waals surface area (Å²) in [6.07, 6.45) is 0. The monoisotopic (exact) mass is 356 g/mol. The molecule has 0 heterocycles. The second-order valence-electron chi connectivity index (χ2n) is 4.02. The number of nitrogens with zero attached hydrogens (tertiary/aromatic N) is 1. The van der Waals surface area contributed by atoms with Crippen LogP contribution in [0, 0.1) is 10.1 Å². The van der Waals surface area contributed by atoms with Crippen molar-refractivity contribution in [2.75, 3.05) is 5.32 Å². The average Bonchev–Trinajstić information content (AvgIpc) is 2.41. The van der Waals surface area contributed by atoms with E-state index in [0.29, 0.717) is 20.7 Å². The van der Waals surface area contributed by atoms with E-state index in [4.69, 9.17) is 11.6 Å². The quantitative estimate of drug-likeness (QED) is 0.631. The van der Waals surface area contributed by atoms with Crippen LogP contribution in [0.2, 0.25) is 5.02 Å². The largest absolute Gasteiger partial charge is 0.506 e. The number of aromatic hydroxyl groups is 1. The second-order valence-corrected chi connectivity index (χ2v) is 5.31. The number of phenols is 1. The number of para-hydroxylation sites is 1. The number of phenolic OH excluding ortho intramolecular Hbond substituents is 1. The van der Waals surface area contributed by atoms with Crippen LogP contribution in [-0.2, 0) is 6.54 Å². The van der Waals surface area contributed by atoms with Gasteiger partial charge < -0.3 is 10.4 Å². The van der Waals surface area contributed by atoms with Gasteiger partial charge in [-0.05, 0) is 34.1 Å². The predicted octanol–water partition coefficient (Wildman–Crippen LogP) is 4.33. The Balaban J connectivity index is 2.23. The van der Waals surface area contributed by atoms with Crippen molar-refractivity contribution in [3.63, 3.8) is 0 Å². The molecule has 2 aromatic carbocycles. The Kier molecular flexibility index (Phi) is 4.46. The summed E-state index contributed by atoms with van der Waals surface area (Å²) in [6, 6.07) is 9.60. The van der Waals surface area contributed by atoms with Crippen LogP contribution in [0.1, 0.15) is 5.56 Å². The number of hydrogen-bond donors (Lipinski definition) is 2. The number of anilines is 1. The first-order valence-corrected chi connectivity index (χ1v) is 6.80. The van der Waals surface area contributed by atoms with Gasteiger partial charge in [0.25, 0.3) is 5.69 Å². The van der Waals surface area contributed by atoms with E-state index in [-0.39, 0.29) is 18.0 Å². The lowest BCUT2D eigenvalue weighted by Gasteiger charge is -2.09. The number of nitro benzene ring substituents is 1. The van der Waals surface area contributed by atoms with Gasteiger partial charge in [-0.25, -0.2) is 0 Å². The molecule has 5 nitrogen and oxygen atoms in total. The van der Waals surface area contributed by atoms with Crippen molar-refractivity contribution in [1.82, 2.24) is 0 Å². The highest BCUT2D eigenvalue weighted by Crippen LogP contribution is 2.31. The van der Waals surface area contributed by atoms with E-state index in [1.807, 2.05) is 0 Å². The second kappa shape index (κ2) is 6.11. The SMILES string of the molecule is O=[N+]([O-])c1cc(Cl)ccc1NCc1cccc(Br)c1O. The van der Waals surface area contributed by atoms with Crippen molar-refractivity contribution < 1.29 is 10.0 Å².